The molecule has 1 aliphatic heterocycles. The van der Waals surface area contributed by atoms with E-state index in [1.807, 2.05) is 25.8 Å². The molecular weight excluding hydrogens is 350 g/mol. The molecule has 7 heteroatoms. The topological polar surface area (TPSA) is 69.7 Å². The number of carbonyl (C=O) groups is 1. The first-order valence-electron chi connectivity index (χ1n) is 9.51. The van der Waals surface area contributed by atoms with Crippen molar-refractivity contribution in [2.75, 3.05) is 33.2 Å². The molecular formula is C19H31N3O3S. The van der Waals surface area contributed by atoms with Crippen LogP contribution in [0.5, 0.6) is 0 Å². The number of sulfonamides is 1. The Bertz CT molecular complexity index is 682. The summed E-state index contributed by atoms with van der Waals surface area (Å²) in [5.74, 6) is -0.0225. The summed E-state index contributed by atoms with van der Waals surface area (Å²) in [6, 6.07) is 6.61. The summed E-state index contributed by atoms with van der Waals surface area (Å²) in [5.41, 5.74) is 0.546. The fourth-order valence-electron chi connectivity index (χ4n) is 3.49. The lowest BCUT2D eigenvalue weighted by Gasteiger charge is -2.25. The standard InChI is InChI=1S/C19H31N3O3S/c1-4-12-21(13-5-2)26(24,25)18-10-8-16(9-11-18)19(23)22-14-6-7-17(22)15-20-3/h8-11,17,20H,4-7,12-15H2,1-3H3. The van der Waals surface area contributed by atoms with Crippen molar-refractivity contribution in [1.29, 1.82) is 0 Å². The SMILES string of the molecule is CCCN(CCC)S(=O)(=O)c1ccc(C(=O)N2CCCC2CNC)cc1. The number of likely N-dealkylation sites (tertiary alicyclic amines) is 1. The summed E-state index contributed by atoms with van der Waals surface area (Å²) < 4.78 is 27.1. The van der Waals surface area contributed by atoms with Gasteiger partial charge in [0.25, 0.3) is 5.91 Å². The third-order valence-electron chi connectivity index (χ3n) is 4.76. The Balaban J connectivity index is 2.18. The van der Waals surface area contributed by atoms with E-state index in [-0.39, 0.29) is 16.8 Å². The average Bonchev–Trinajstić information content (AvgIpc) is 3.09. The van der Waals surface area contributed by atoms with Crippen molar-refractivity contribution in [3.05, 3.63) is 29.8 Å². The van der Waals surface area contributed by atoms with E-state index in [2.05, 4.69) is 5.32 Å². The molecule has 1 unspecified atom stereocenters. The first-order chi connectivity index (χ1) is 12.5. The van der Waals surface area contributed by atoms with E-state index in [0.717, 1.165) is 38.8 Å². The maximum absolute atomic E-state index is 12.8. The Morgan fingerprint density at radius 3 is 2.35 bits per heavy atom. The van der Waals surface area contributed by atoms with Gasteiger partial charge in [-0.2, -0.15) is 4.31 Å². The zero-order chi connectivity index (χ0) is 19.2. The van der Waals surface area contributed by atoms with Crippen molar-refractivity contribution in [2.24, 2.45) is 0 Å². The minimum absolute atomic E-state index is 0.0225. The van der Waals surface area contributed by atoms with Crippen molar-refractivity contribution in [3.8, 4) is 0 Å². The Kier molecular flexibility index (Phi) is 7.61. The van der Waals surface area contributed by atoms with E-state index in [9.17, 15) is 13.2 Å². The Labute approximate surface area is 157 Å². The molecule has 6 nitrogen and oxygen atoms in total. The molecule has 0 aliphatic carbocycles. The second-order valence-corrected chi connectivity index (χ2v) is 8.72. The summed E-state index contributed by atoms with van der Waals surface area (Å²) in [5, 5.41) is 3.13. The number of likely N-dealkylation sites (N-methyl/N-ethyl adjacent to an activating group) is 1. The molecule has 0 spiro atoms. The number of rotatable bonds is 9. The van der Waals surface area contributed by atoms with Gasteiger partial charge in [0.2, 0.25) is 10.0 Å². The van der Waals surface area contributed by atoms with Crippen LogP contribution in [0, 0.1) is 0 Å². The first kappa shape index (κ1) is 20.9. The minimum Gasteiger partial charge on any atom is -0.334 e. The number of nitrogens with one attached hydrogen (secondary N) is 1. The van der Waals surface area contributed by atoms with Gasteiger partial charge >= 0.3 is 0 Å². The van der Waals surface area contributed by atoms with Crippen LogP contribution in [0.2, 0.25) is 0 Å². The van der Waals surface area contributed by atoms with Gasteiger partial charge in [-0.15, -0.1) is 0 Å². The third-order valence-corrected chi connectivity index (χ3v) is 6.68. The van der Waals surface area contributed by atoms with Gasteiger partial charge in [-0.1, -0.05) is 13.8 Å². The molecule has 0 aromatic heterocycles. The van der Waals surface area contributed by atoms with Crippen LogP contribution in [0.15, 0.2) is 29.2 Å². The largest absolute Gasteiger partial charge is 0.334 e. The summed E-state index contributed by atoms with van der Waals surface area (Å²) >= 11 is 0. The van der Waals surface area contributed by atoms with E-state index >= 15 is 0 Å². The highest BCUT2D eigenvalue weighted by Crippen LogP contribution is 2.22. The molecule has 1 aromatic carbocycles. The molecule has 1 N–H and O–H groups in total. The summed E-state index contributed by atoms with van der Waals surface area (Å²) in [7, 11) is -1.62. The number of nitrogens with zero attached hydrogens (tertiary/aromatic N) is 2. The molecule has 1 atom stereocenters. The normalized spacial score (nSPS) is 17.8. The molecule has 146 valence electrons. The zero-order valence-corrected chi connectivity index (χ0v) is 16.9. The predicted molar refractivity (Wildman–Crippen MR) is 104 cm³/mol. The minimum atomic E-state index is -3.51. The maximum Gasteiger partial charge on any atom is 0.254 e. The Morgan fingerprint density at radius 1 is 1.19 bits per heavy atom. The molecule has 0 radical (unpaired) electrons. The lowest BCUT2D eigenvalue weighted by atomic mass is 10.1. The number of amides is 1. The fraction of sp³-hybridized carbons (Fsp3) is 0.632. The van der Waals surface area contributed by atoms with E-state index in [4.69, 9.17) is 0 Å². The second kappa shape index (κ2) is 9.48. The summed E-state index contributed by atoms with van der Waals surface area (Å²) in [4.78, 5) is 14.9. The van der Waals surface area contributed by atoms with Crippen LogP contribution in [-0.4, -0.2) is 62.8 Å². The first-order valence-corrected chi connectivity index (χ1v) is 11.0. The molecule has 1 saturated heterocycles. The van der Waals surface area contributed by atoms with Gasteiger partial charge in [0.05, 0.1) is 4.90 Å². The van der Waals surface area contributed by atoms with Gasteiger partial charge < -0.3 is 10.2 Å². The highest BCUT2D eigenvalue weighted by atomic mass is 32.2. The average molecular weight is 382 g/mol. The molecule has 1 heterocycles. The number of carbonyl (C=O) groups excluding carboxylic acids is 1. The zero-order valence-electron chi connectivity index (χ0n) is 16.1. The monoisotopic (exact) mass is 381 g/mol. The molecule has 1 amide bonds. The molecule has 1 aliphatic rings. The quantitative estimate of drug-likeness (QED) is 0.713. The second-order valence-electron chi connectivity index (χ2n) is 6.78. The predicted octanol–water partition coefficient (Wildman–Crippen LogP) is 2.32. The van der Waals surface area contributed by atoms with Crippen molar-refractivity contribution in [1.82, 2.24) is 14.5 Å². The van der Waals surface area contributed by atoms with Gasteiger partial charge in [-0.05, 0) is 57.0 Å². The highest BCUT2D eigenvalue weighted by Gasteiger charge is 2.29. The lowest BCUT2D eigenvalue weighted by molar-refractivity contribution is 0.0737. The summed E-state index contributed by atoms with van der Waals surface area (Å²) in [6.07, 6.45) is 3.56. The van der Waals surface area contributed by atoms with Crippen LogP contribution in [0.25, 0.3) is 0 Å². The maximum atomic E-state index is 12.8. The van der Waals surface area contributed by atoms with Crippen LogP contribution in [0.4, 0.5) is 0 Å². The van der Waals surface area contributed by atoms with Crippen molar-refractivity contribution in [2.45, 2.75) is 50.5 Å². The van der Waals surface area contributed by atoms with Crippen molar-refractivity contribution in [3.63, 3.8) is 0 Å². The van der Waals surface area contributed by atoms with E-state index in [1.165, 1.54) is 4.31 Å². The van der Waals surface area contributed by atoms with Gasteiger partial charge in [-0.25, -0.2) is 8.42 Å². The molecule has 26 heavy (non-hydrogen) atoms. The van der Waals surface area contributed by atoms with E-state index in [0.29, 0.717) is 18.7 Å². The third kappa shape index (κ3) is 4.64. The van der Waals surface area contributed by atoms with Gasteiger partial charge in [0, 0.05) is 37.8 Å². The van der Waals surface area contributed by atoms with Crippen LogP contribution in [-0.2, 0) is 10.0 Å². The molecule has 2 rings (SSSR count). The van der Waals surface area contributed by atoms with E-state index in [1.54, 1.807) is 24.3 Å². The van der Waals surface area contributed by atoms with Crippen molar-refractivity contribution < 1.29 is 13.2 Å². The molecule has 0 bridgehead atoms. The molecule has 1 aromatic rings. The Morgan fingerprint density at radius 2 is 1.81 bits per heavy atom. The molecule has 1 fully saturated rings. The van der Waals surface area contributed by atoms with E-state index < -0.39 is 10.0 Å². The van der Waals surface area contributed by atoms with Crippen LogP contribution < -0.4 is 5.32 Å². The van der Waals surface area contributed by atoms with Crippen LogP contribution in [0.3, 0.4) is 0 Å². The summed E-state index contributed by atoms with van der Waals surface area (Å²) in [6.45, 7) is 6.50. The molecule has 0 saturated carbocycles. The lowest BCUT2D eigenvalue weighted by Crippen LogP contribution is -2.40. The number of hydrogen-bond donors (Lipinski definition) is 1. The van der Waals surface area contributed by atoms with Gasteiger partial charge in [0.15, 0.2) is 0 Å². The Hall–Kier alpha value is -1.44. The fourth-order valence-corrected chi connectivity index (χ4v) is 5.11. The number of hydrogen-bond acceptors (Lipinski definition) is 4. The van der Waals surface area contributed by atoms with Crippen molar-refractivity contribution >= 4 is 15.9 Å². The van der Waals surface area contributed by atoms with Crippen LogP contribution >= 0.6 is 0 Å². The highest BCUT2D eigenvalue weighted by molar-refractivity contribution is 7.89. The van der Waals surface area contributed by atoms with Gasteiger partial charge in [0.1, 0.15) is 0 Å². The van der Waals surface area contributed by atoms with Crippen LogP contribution in [0.1, 0.15) is 49.9 Å². The number of benzene rings is 1. The van der Waals surface area contributed by atoms with Gasteiger partial charge in [-0.3, -0.25) is 4.79 Å². The smallest absolute Gasteiger partial charge is 0.254 e.